The number of nitro groups is 2. The van der Waals surface area contributed by atoms with Crippen molar-refractivity contribution in [3.05, 3.63) is 42.9 Å². The van der Waals surface area contributed by atoms with Gasteiger partial charge in [0.25, 0.3) is 11.4 Å². The number of carbonyl (C=O) groups excluding carboxylic acids is 1. The number of nitrogens with zero attached hydrogens (tertiary/aromatic N) is 2. The van der Waals surface area contributed by atoms with Gasteiger partial charge in [-0.3, -0.25) is 25.0 Å². The lowest BCUT2D eigenvalue weighted by Crippen LogP contribution is -2.06. The molecule has 8 nitrogen and oxygen atoms in total. The Morgan fingerprint density at radius 2 is 1.84 bits per heavy atom. The minimum Gasteiger partial charge on any atom is -0.466 e. The van der Waals surface area contributed by atoms with E-state index in [1.807, 2.05) is 0 Å². The summed E-state index contributed by atoms with van der Waals surface area (Å²) in [5.74, 6) is -0.518. The molecule has 0 aliphatic heterocycles. The first-order chi connectivity index (χ1) is 8.82. The molecule has 0 fully saturated rings. The fourth-order valence-electron chi connectivity index (χ4n) is 1.41. The fourth-order valence-corrected chi connectivity index (χ4v) is 1.66. The third-order valence-corrected chi connectivity index (χ3v) is 2.52. The maximum Gasteiger partial charge on any atom is 0.302 e. The molecule has 1 rings (SSSR count). The highest BCUT2D eigenvalue weighted by molar-refractivity contribution is 6.32. The Balaban J connectivity index is 3.09. The molecule has 0 unspecified atom stereocenters. The second-order valence-corrected chi connectivity index (χ2v) is 3.94. The Bertz CT molecular complexity index is 545. The first-order valence-electron chi connectivity index (χ1n) is 5.07. The molecule has 0 aliphatic rings. The highest BCUT2D eigenvalue weighted by Gasteiger charge is 2.23. The predicted octanol–water partition coefficient (Wildman–Crippen LogP) is 2.26. The highest BCUT2D eigenvalue weighted by atomic mass is 35.5. The van der Waals surface area contributed by atoms with Gasteiger partial charge in [0, 0.05) is 18.9 Å². The van der Waals surface area contributed by atoms with Gasteiger partial charge in [0.2, 0.25) is 0 Å². The van der Waals surface area contributed by atoms with E-state index in [-0.39, 0.29) is 23.6 Å². The van der Waals surface area contributed by atoms with Gasteiger partial charge >= 0.3 is 5.97 Å². The molecule has 0 aromatic heterocycles. The zero-order valence-electron chi connectivity index (χ0n) is 9.79. The summed E-state index contributed by atoms with van der Waals surface area (Å²) in [6.45, 7) is 1.14. The number of ether oxygens (including phenoxy) is 1. The zero-order chi connectivity index (χ0) is 14.6. The van der Waals surface area contributed by atoms with Crippen molar-refractivity contribution in [1.82, 2.24) is 0 Å². The van der Waals surface area contributed by atoms with Crippen molar-refractivity contribution in [2.45, 2.75) is 13.3 Å². The van der Waals surface area contributed by atoms with Crippen LogP contribution in [-0.4, -0.2) is 22.4 Å². The predicted molar refractivity (Wildman–Crippen MR) is 65.1 cm³/mol. The molecule has 19 heavy (non-hydrogen) atoms. The zero-order valence-corrected chi connectivity index (χ0v) is 10.5. The number of hydrogen-bond donors (Lipinski definition) is 0. The average Bonchev–Trinajstić information content (AvgIpc) is 2.27. The van der Waals surface area contributed by atoms with E-state index in [1.165, 1.54) is 6.92 Å². The molecule has 0 bridgehead atoms. The van der Waals surface area contributed by atoms with Crippen molar-refractivity contribution < 1.29 is 19.4 Å². The van der Waals surface area contributed by atoms with Gasteiger partial charge in [-0.25, -0.2) is 0 Å². The van der Waals surface area contributed by atoms with Gasteiger partial charge < -0.3 is 4.74 Å². The topological polar surface area (TPSA) is 113 Å². The maximum absolute atomic E-state index is 10.8. The molecule has 9 heteroatoms. The van der Waals surface area contributed by atoms with Gasteiger partial charge in [-0.1, -0.05) is 11.6 Å². The number of rotatable bonds is 5. The van der Waals surface area contributed by atoms with Crippen LogP contribution in [-0.2, 0) is 16.0 Å². The maximum atomic E-state index is 10.8. The van der Waals surface area contributed by atoms with Crippen LogP contribution >= 0.6 is 11.6 Å². The summed E-state index contributed by atoms with van der Waals surface area (Å²) in [5.41, 5.74) is -0.797. The Morgan fingerprint density at radius 3 is 2.32 bits per heavy atom. The molecule has 0 heterocycles. The van der Waals surface area contributed by atoms with E-state index < -0.39 is 27.2 Å². The van der Waals surface area contributed by atoms with E-state index in [1.54, 1.807) is 0 Å². The summed E-state index contributed by atoms with van der Waals surface area (Å²) in [7, 11) is 0. The van der Waals surface area contributed by atoms with E-state index in [2.05, 4.69) is 4.74 Å². The van der Waals surface area contributed by atoms with Crippen LogP contribution in [0.2, 0.25) is 5.02 Å². The standard InChI is InChI=1S/C10H9ClN2O6/c1-6(14)19-3-2-7-4-8(11)10(13(17)18)5-9(7)12(15)16/h4-5H,2-3H2,1H3. The monoisotopic (exact) mass is 288 g/mol. The molecule has 102 valence electrons. The van der Waals surface area contributed by atoms with Crippen LogP contribution in [0.25, 0.3) is 0 Å². The summed E-state index contributed by atoms with van der Waals surface area (Å²) < 4.78 is 4.66. The van der Waals surface area contributed by atoms with Crippen molar-refractivity contribution >= 4 is 28.9 Å². The van der Waals surface area contributed by atoms with Crippen LogP contribution in [0.1, 0.15) is 12.5 Å². The van der Waals surface area contributed by atoms with Crippen LogP contribution < -0.4 is 0 Å². The lowest BCUT2D eigenvalue weighted by atomic mass is 10.1. The van der Waals surface area contributed by atoms with Gasteiger partial charge in [0.05, 0.1) is 22.5 Å². The van der Waals surface area contributed by atoms with Crippen molar-refractivity contribution in [2.75, 3.05) is 6.61 Å². The Kier molecular flexibility index (Phi) is 4.76. The molecular formula is C10H9ClN2O6. The second-order valence-electron chi connectivity index (χ2n) is 3.54. The van der Waals surface area contributed by atoms with Crippen molar-refractivity contribution in [3.63, 3.8) is 0 Å². The van der Waals surface area contributed by atoms with Crippen molar-refractivity contribution in [2.24, 2.45) is 0 Å². The molecule has 1 aromatic rings. The third kappa shape index (κ3) is 3.88. The van der Waals surface area contributed by atoms with Gasteiger partial charge in [0.1, 0.15) is 5.02 Å². The lowest BCUT2D eigenvalue weighted by molar-refractivity contribution is -0.394. The number of halogens is 1. The van der Waals surface area contributed by atoms with Gasteiger partial charge in [-0.2, -0.15) is 0 Å². The Labute approximate surface area is 112 Å². The quantitative estimate of drug-likeness (QED) is 0.466. The van der Waals surface area contributed by atoms with E-state index in [4.69, 9.17) is 11.6 Å². The molecule has 0 saturated heterocycles. The van der Waals surface area contributed by atoms with Crippen molar-refractivity contribution in [1.29, 1.82) is 0 Å². The molecule has 0 atom stereocenters. The molecular weight excluding hydrogens is 280 g/mol. The lowest BCUT2D eigenvalue weighted by Gasteiger charge is -2.05. The van der Waals surface area contributed by atoms with Crippen molar-refractivity contribution in [3.8, 4) is 0 Å². The molecule has 0 amide bonds. The van der Waals surface area contributed by atoms with E-state index in [0.29, 0.717) is 0 Å². The summed E-state index contributed by atoms with van der Waals surface area (Å²) in [6.07, 6.45) is 0.0492. The van der Waals surface area contributed by atoms with Crippen LogP contribution in [0.15, 0.2) is 12.1 Å². The van der Waals surface area contributed by atoms with Crippen LogP contribution in [0.3, 0.4) is 0 Å². The summed E-state index contributed by atoms with van der Waals surface area (Å²) >= 11 is 5.67. The third-order valence-electron chi connectivity index (χ3n) is 2.22. The van der Waals surface area contributed by atoms with Gasteiger partial charge in [0.15, 0.2) is 0 Å². The average molecular weight is 289 g/mol. The van der Waals surface area contributed by atoms with E-state index in [0.717, 1.165) is 12.1 Å². The van der Waals surface area contributed by atoms with Crippen LogP contribution in [0.4, 0.5) is 11.4 Å². The first kappa shape index (κ1) is 14.8. The minimum atomic E-state index is -0.800. The minimum absolute atomic E-state index is 0.0492. The van der Waals surface area contributed by atoms with Gasteiger partial charge in [-0.15, -0.1) is 0 Å². The largest absolute Gasteiger partial charge is 0.466 e. The second kappa shape index (κ2) is 6.10. The summed E-state index contributed by atoms with van der Waals surface area (Å²) in [5, 5.41) is 21.3. The fraction of sp³-hybridized carbons (Fsp3) is 0.300. The molecule has 0 spiro atoms. The summed E-state index contributed by atoms with van der Waals surface area (Å²) in [6, 6.07) is 1.94. The van der Waals surface area contributed by atoms with E-state index in [9.17, 15) is 25.0 Å². The number of carbonyl (C=O) groups is 1. The first-order valence-corrected chi connectivity index (χ1v) is 5.45. The number of benzene rings is 1. The molecule has 0 aliphatic carbocycles. The van der Waals surface area contributed by atoms with Crippen LogP contribution in [0.5, 0.6) is 0 Å². The number of nitro benzene ring substituents is 2. The highest BCUT2D eigenvalue weighted by Crippen LogP contribution is 2.32. The summed E-state index contributed by atoms with van der Waals surface area (Å²) in [4.78, 5) is 30.5. The SMILES string of the molecule is CC(=O)OCCc1cc(Cl)c([N+](=O)[O-])cc1[N+](=O)[O-]. The molecule has 0 N–H and O–H groups in total. The smallest absolute Gasteiger partial charge is 0.302 e. The molecule has 0 radical (unpaired) electrons. The number of esters is 1. The normalized spacial score (nSPS) is 10.0. The van der Waals surface area contributed by atoms with E-state index >= 15 is 0 Å². The Hall–Kier alpha value is -2.22. The Morgan fingerprint density at radius 1 is 1.26 bits per heavy atom. The molecule has 0 saturated carbocycles. The van der Waals surface area contributed by atoms with Gasteiger partial charge in [-0.05, 0) is 6.07 Å². The number of hydrogen-bond acceptors (Lipinski definition) is 6. The molecule has 1 aromatic carbocycles. The van der Waals surface area contributed by atoms with Crippen LogP contribution in [0, 0.1) is 20.2 Å².